The van der Waals surface area contributed by atoms with E-state index in [0.29, 0.717) is 17.8 Å². The molecule has 1 N–H and O–H groups in total. The molecule has 1 fully saturated rings. The molecule has 32 heavy (non-hydrogen) atoms. The summed E-state index contributed by atoms with van der Waals surface area (Å²) in [4.78, 5) is 28.8. The Hall–Kier alpha value is -3.28. The minimum atomic E-state index is -0.0539. The highest BCUT2D eigenvalue weighted by Crippen LogP contribution is 2.29. The molecule has 0 spiro atoms. The summed E-state index contributed by atoms with van der Waals surface area (Å²) >= 11 is 0. The van der Waals surface area contributed by atoms with Crippen LogP contribution in [0.4, 0.5) is 5.69 Å². The highest BCUT2D eigenvalue weighted by atomic mass is 16.2. The zero-order valence-electron chi connectivity index (χ0n) is 18.4. The Morgan fingerprint density at radius 3 is 1.97 bits per heavy atom. The summed E-state index contributed by atoms with van der Waals surface area (Å²) < 4.78 is 0. The van der Waals surface area contributed by atoms with E-state index in [1.165, 1.54) is 18.1 Å². The number of nitrogens with zero attached hydrogens (tertiary/aromatic N) is 2. The Balaban J connectivity index is 1.37. The van der Waals surface area contributed by atoms with Crippen LogP contribution in [0.15, 0.2) is 84.9 Å². The van der Waals surface area contributed by atoms with Gasteiger partial charge in [-0.2, -0.15) is 0 Å². The van der Waals surface area contributed by atoms with Gasteiger partial charge in [-0.1, -0.05) is 72.8 Å². The van der Waals surface area contributed by atoms with Gasteiger partial charge in [-0.05, 0) is 30.2 Å². The second-order valence-corrected chi connectivity index (χ2v) is 8.22. The lowest BCUT2D eigenvalue weighted by Gasteiger charge is -2.39. The van der Waals surface area contributed by atoms with Gasteiger partial charge < -0.3 is 5.32 Å². The maximum Gasteiger partial charge on any atom is 0.238 e. The van der Waals surface area contributed by atoms with E-state index in [4.69, 9.17) is 0 Å². The largest absolute Gasteiger partial charge is 0.325 e. The molecule has 0 unspecified atom stereocenters. The number of carbonyl (C=O) groups excluding carboxylic acids is 2. The van der Waals surface area contributed by atoms with Crippen molar-refractivity contribution in [3.8, 4) is 0 Å². The summed E-state index contributed by atoms with van der Waals surface area (Å²) in [6.07, 6.45) is 0. The first-order valence-corrected chi connectivity index (χ1v) is 11.1. The van der Waals surface area contributed by atoms with Crippen LogP contribution in [0.25, 0.3) is 0 Å². The first-order chi connectivity index (χ1) is 15.6. The molecule has 4 rings (SSSR count). The van der Waals surface area contributed by atoms with Gasteiger partial charge >= 0.3 is 0 Å². The van der Waals surface area contributed by atoms with Gasteiger partial charge in [0.05, 0.1) is 12.6 Å². The Bertz CT molecular complexity index is 1010. The number of amides is 1. The van der Waals surface area contributed by atoms with Crippen LogP contribution in [0, 0.1) is 0 Å². The molecule has 1 aliphatic rings. The van der Waals surface area contributed by atoms with Gasteiger partial charge in [-0.25, -0.2) is 0 Å². The van der Waals surface area contributed by atoms with E-state index in [1.807, 2.05) is 18.2 Å². The fraction of sp³-hybridized carbons (Fsp3) is 0.259. The van der Waals surface area contributed by atoms with Gasteiger partial charge in [0.1, 0.15) is 0 Å². The van der Waals surface area contributed by atoms with Crippen molar-refractivity contribution < 1.29 is 9.59 Å². The molecule has 0 atom stereocenters. The zero-order chi connectivity index (χ0) is 22.3. The molecule has 1 heterocycles. The molecule has 3 aromatic rings. The summed E-state index contributed by atoms with van der Waals surface area (Å²) in [6.45, 7) is 5.31. The van der Waals surface area contributed by atoms with Crippen molar-refractivity contribution in [2.75, 3.05) is 38.0 Å². The van der Waals surface area contributed by atoms with E-state index in [1.54, 1.807) is 18.2 Å². The Kier molecular flexibility index (Phi) is 7.10. The molecule has 3 aromatic carbocycles. The topological polar surface area (TPSA) is 52.7 Å². The first-order valence-electron chi connectivity index (χ1n) is 11.1. The van der Waals surface area contributed by atoms with Crippen molar-refractivity contribution in [1.29, 1.82) is 0 Å². The average molecular weight is 428 g/mol. The summed E-state index contributed by atoms with van der Waals surface area (Å²) in [5.74, 6) is -0.0644. The molecule has 1 amide bonds. The van der Waals surface area contributed by atoms with Gasteiger partial charge in [0, 0.05) is 37.4 Å². The molecule has 0 bridgehead atoms. The van der Waals surface area contributed by atoms with Crippen LogP contribution < -0.4 is 5.32 Å². The lowest BCUT2D eigenvalue weighted by molar-refractivity contribution is -0.117. The van der Waals surface area contributed by atoms with Crippen molar-refractivity contribution >= 4 is 17.4 Å². The number of hydrogen-bond acceptors (Lipinski definition) is 4. The van der Waals surface area contributed by atoms with Crippen molar-refractivity contribution in [2.45, 2.75) is 13.0 Å². The smallest absolute Gasteiger partial charge is 0.238 e. The third-order valence-corrected chi connectivity index (χ3v) is 5.92. The summed E-state index contributed by atoms with van der Waals surface area (Å²) in [7, 11) is 0. The van der Waals surface area contributed by atoms with E-state index >= 15 is 0 Å². The molecule has 0 radical (unpaired) electrons. The van der Waals surface area contributed by atoms with Crippen LogP contribution in [-0.2, 0) is 4.79 Å². The fourth-order valence-electron chi connectivity index (χ4n) is 4.28. The quantitative estimate of drug-likeness (QED) is 0.573. The average Bonchev–Trinajstić information content (AvgIpc) is 2.82. The Labute approximate surface area is 189 Å². The lowest BCUT2D eigenvalue weighted by atomic mass is 9.96. The van der Waals surface area contributed by atoms with Crippen LogP contribution in [0.5, 0.6) is 0 Å². The Morgan fingerprint density at radius 1 is 0.812 bits per heavy atom. The fourth-order valence-corrected chi connectivity index (χ4v) is 4.28. The van der Waals surface area contributed by atoms with Gasteiger partial charge in [-0.15, -0.1) is 0 Å². The van der Waals surface area contributed by atoms with E-state index in [-0.39, 0.29) is 17.7 Å². The molecule has 5 heteroatoms. The maximum atomic E-state index is 12.6. The second-order valence-electron chi connectivity index (χ2n) is 8.22. The number of piperazine rings is 1. The number of Topliss-reactive ketones (excluding diaryl/α,β-unsaturated/α-hetero) is 1. The third kappa shape index (κ3) is 5.49. The van der Waals surface area contributed by atoms with Crippen LogP contribution in [0.1, 0.15) is 34.5 Å². The monoisotopic (exact) mass is 427 g/mol. The molecule has 164 valence electrons. The van der Waals surface area contributed by atoms with Gasteiger partial charge in [0.2, 0.25) is 5.91 Å². The first kappa shape index (κ1) is 21.9. The Morgan fingerprint density at radius 2 is 1.41 bits per heavy atom. The normalized spacial score (nSPS) is 14.9. The van der Waals surface area contributed by atoms with Gasteiger partial charge in [0.25, 0.3) is 0 Å². The van der Waals surface area contributed by atoms with Crippen molar-refractivity contribution in [2.24, 2.45) is 0 Å². The minimum Gasteiger partial charge on any atom is -0.325 e. The number of benzene rings is 3. The minimum absolute atomic E-state index is 0.0105. The summed E-state index contributed by atoms with van der Waals surface area (Å²) in [5, 5.41) is 2.92. The standard InChI is InChI=1S/C27H29N3O2/c1-21(31)24-13-8-14-25(19-24)28-26(32)20-29-15-17-30(18-16-29)27(22-9-4-2-5-10-22)23-11-6-3-7-12-23/h2-14,19,27H,15-18,20H2,1H3,(H,28,32). The zero-order valence-corrected chi connectivity index (χ0v) is 18.4. The highest BCUT2D eigenvalue weighted by Gasteiger charge is 2.27. The van der Waals surface area contributed by atoms with Crippen LogP contribution in [-0.4, -0.2) is 54.2 Å². The highest BCUT2D eigenvalue weighted by molar-refractivity contribution is 5.97. The SMILES string of the molecule is CC(=O)c1cccc(NC(=O)CN2CCN(C(c3ccccc3)c3ccccc3)CC2)c1. The second kappa shape index (κ2) is 10.4. The molecule has 1 saturated heterocycles. The predicted octanol–water partition coefficient (Wildman–Crippen LogP) is 4.23. The van der Waals surface area contributed by atoms with Crippen molar-refractivity contribution in [3.05, 3.63) is 102 Å². The van der Waals surface area contributed by atoms with Gasteiger partial charge in [-0.3, -0.25) is 19.4 Å². The third-order valence-electron chi connectivity index (χ3n) is 5.92. The number of anilines is 1. The maximum absolute atomic E-state index is 12.6. The van der Waals surface area contributed by atoms with Crippen molar-refractivity contribution in [1.82, 2.24) is 9.80 Å². The van der Waals surface area contributed by atoms with E-state index < -0.39 is 0 Å². The molecule has 1 aliphatic heterocycles. The predicted molar refractivity (Wildman–Crippen MR) is 128 cm³/mol. The van der Waals surface area contributed by atoms with E-state index in [2.05, 4.69) is 63.6 Å². The summed E-state index contributed by atoms with van der Waals surface area (Å²) in [6, 6.07) is 28.5. The lowest BCUT2D eigenvalue weighted by Crippen LogP contribution is -2.49. The summed E-state index contributed by atoms with van der Waals surface area (Å²) in [5.41, 5.74) is 3.84. The molecule has 0 saturated carbocycles. The number of rotatable bonds is 7. The van der Waals surface area contributed by atoms with Crippen LogP contribution in [0.2, 0.25) is 0 Å². The molecule has 0 aliphatic carbocycles. The van der Waals surface area contributed by atoms with Crippen molar-refractivity contribution in [3.63, 3.8) is 0 Å². The number of ketones is 1. The van der Waals surface area contributed by atoms with Gasteiger partial charge in [0.15, 0.2) is 5.78 Å². The van der Waals surface area contributed by atoms with E-state index in [0.717, 1.165) is 26.2 Å². The molecule has 0 aromatic heterocycles. The van der Waals surface area contributed by atoms with Crippen LogP contribution in [0.3, 0.4) is 0 Å². The van der Waals surface area contributed by atoms with Crippen LogP contribution >= 0.6 is 0 Å². The molecule has 5 nitrogen and oxygen atoms in total. The number of hydrogen-bond donors (Lipinski definition) is 1. The number of nitrogens with one attached hydrogen (secondary N) is 1. The van der Waals surface area contributed by atoms with E-state index in [9.17, 15) is 9.59 Å². The molecular weight excluding hydrogens is 398 g/mol. The molecular formula is C27H29N3O2. The number of carbonyl (C=O) groups is 2.